The first-order valence-electron chi connectivity index (χ1n) is 10.1. The smallest absolute Gasteiger partial charge is 0.251 e. The number of methoxy groups -OCH3 is 1. The predicted octanol–water partition coefficient (Wildman–Crippen LogP) is 4.14. The molecule has 2 amide bonds. The van der Waals surface area contributed by atoms with Crippen molar-refractivity contribution in [3.8, 4) is 11.4 Å². The van der Waals surface area contributed by atoms with E-state index in [4.69, 9.17) is 4.74 Å². The number of ether oxygens (including phenoxy) is 1. The van der Waals surface area contributed by atoms with Gasteiger partial charge in [0.15, 0.2) is 5.16 Å². The summed E-state index contributed by atoms with van der Waals surface area (Å²) in [5, 5.41) is 6.46. The van der Waals surface area contributed by atoms with Gasteiger partial charge in [-0.2, -0.15) is 0 Å². The maximum Gasteiger partial charge on any atom is 0.251 e. The zero-order valence-corrected chi connectivity index (χ0v) is 18.4. The third-order valence-electron chi connectivity index (χ3n) is 4.54. The fraction of sp³-hybridized carbons (Fsp3) is 0.261. The van der Waals surface area contributed by atoms with E-state index in [2.05, 4.69) is 22.5 Å². The number of nitrogens with one attached hydrogen (secondary N) is 2. The lowest BCUT2D eigenvalue weighted by Gasteiger charge is -2.11. The maximum atomic E-state index is 12.4. The van der Waals surface area contributed by atoms with E-state index in [1.165, 1.54) is 11.8 Å². The predicted molar refractivity (Wildman–Crippen MR) is 123 cm³/mol. The Balaban J connectivity index is 1.60. The molecule has 0 fully saturated rings. The number of anilines is 1. The summed E-state index contributed by atoms with van der Waals surface area (Å²) < 4.78 is 7.15. The second kappa shape index (κ2) is 11.2. The molecule has 0 saturated carbocycles. The van der Waals surface area contributed by atoms with Crippen molar-refractivity contribution in [3.63, 3.8) is 0 Å². The normalized spacial score (nSPS) is 10.5. The fourth-order valence-corrected chi connectivity index (χ4v) is 3.68. The molecule has 3 rings (SSSR count). The number of unbranched alkanes of at least 4 members (excludes halogenated alkanes) is 1. The molecule has 0 atom stereocenters. The lowest BCUT2D eigenvalue weighted by molar-refractivity contribution is -0.113. The van der Waals surface area contributed by atoms with Crippen molar-refractivity contribution in [2.24, 2.45) is 0 Å². The fourth-order valence-electron chi connectivity index (χ4n) is 2.91. The molecular weight excluding hydrogens is 412 g/mol. The Morgan fingerprint density at radius 3 is 2.65 bits per heavy atom. The zero-order chi connectivity index (χ0) is 22.1. The molecule has 162 valence electrons. The minimum absolute atomic E-state index is 0.0757. The molecule has 1 heterocycles. The van der Waals surface area contributed by atoms with Crippen molar-refractivity contribution in [1.29, 1.82) is 0 Å². The lowest BCUT2D eigenvalue weighted by atomic mass is 10.2. The standard InChI is InChI=1S/C23H26N4O3S/c1-3-4-13-24-22(29)17-9-11-18(12-10-17)27-15-14-25-23(27)31-16-21(28)26-19-7-5-6-8-20(19)30-2/h5-12,14-15H,3-4,13,16H2,1-2H3,(H,24,29)(H,26,28). The van der Waals surface area contributed by atoms with Crippen LogP contribution in [0.5, 0.6) is 5.75 Å². The third-order valence-corrected chi connectivity index (χ3v) is 5.51. The van der Waals surface area contributed by atoms with Crippen LogP contribution in [0, 0.1) is 0 Å². The minimum atomic E-state index is -0.150. The molecule has 31 heavy (non-hydrogen) atoms. The van der Waals surface area contributed by atoms with E-state index in [9.17, 15) is 9.59 Å². The number of amides is 2. The summed E-state index contributed by atoms with van der Waals surface area (Å²) in [4.78, 5) is 28.9. The topological polar surface area (TPSA) is 85.2 Å². The number of para-hydroxylation sites is 2. The molecule has 7 nitrogen and oxygen atoms in total. The van der Waals surface area contributed by atoms with Crippen LogP contribution in [0.3, 0.4) is 0 Å². The van der Waals surface area contributed by atoms with Crippen LogP contribution in [-0.2, 0) is 4.79 Å². The molecule has 8 heteroatoms. The first-order valence-corrected chi connectivity index (χ1v) is 11.1. The molecule has 0 radical (unpaired) electrons. The van der Waals surface area contributed by atoms with E-state index in [-0.39, 0.29) is 17.6 Å². The SMILES string of the molecule is CCCCNC(=O)c1ccc(-n2ccnc2SCC(=O)Nc2ccccc2OC)cc1. The van der Waals surface area contributed by atoms with E-state index in [1.54, 1.807) is 37.6 Å². The summed E-state index contributed by atoms with van der Waals surface area (Å²) in [6, 6.07) is 14.6. The molecule has 0 saturated heterocycles. The van der Waals surface area contributed by atoms with E-state index in [1.807, 2.05) is 35.0 Å². The summed E-state index contributed by atoms with van der Waals surface area (Å²) in [5.74, 6) is 0.588. The highest BCUT2D eigenvalue weighted by Gasteiger charge is 2.12. The van der Waals surface area contributed by atoms with Gasteiger partial charge in [-0.1, -0.05) is 37.2 Å². The van der Waals surface area contributed by atoms with Gasteiger partial charge in [0.25, 0.3) is 5.91 Å². The van der Waals surface area contributed by atoms with Gasteiger partial charge in [0, 0.05) is 30.2 Å². The minimum Gasteiger partial charge on any atom is -0.495 e. The van der Waals surface area contributed by atoms with E-state index in [0.717, 1.165) is 18.5 Å². The number of hydrogen-bond donors (Lipinski definition) is 2. The van der Waals surface area contributed by atoms with Crippen LogP contribution in [-0.4, -0.2) is 40.8 Å². The maximum absolute atomic E-state index is 12.4. The number of thioether (sulfide) groups is 1. The van der Waals surface area contributed by atoms with Gasteiger partial charge < -0.3 is 15.4 Å². The Kier molecular flexibility index (Phi) is 8.12. The van der Waals surface area contributed by atoms with E-state index < -0.39 is 0 Å². The number of carbonyl (C=O) groups excluding carboxylic acids is 2. The molecular formula is C23H26N4O3S. The molecule has 0 aliphatic carbocycles. The Labute approximate surface area is 186 Å². The molecule has 0 aliphatic heterocycles. The van der Waals surface area contributed by atoms with Gasteiger partial charge in [-0.15, -0.1) is 0 Å². The van der Waals surface area contributed by atoms with Gasteiger partial charge in [0.1, 0.15) is 5.75 Å². The third kappa shape index (κ3) is 6.11. The molecule has 2 aromatic carbocycles. The molecule has 0 spiro atoms. The number of aromatic nitrogens is 2. The Hall–Kier alpha value is -3.26. The number of hydrogen-bond acceptors (Lipinski definition) is 5. The first kappa shape index (κ1) is 22.4. The Morgan fingerprint density at radius 2 is 1.90 bits per heavy atom. The molecule has 2 N–H and O–H groups in total. The highest BCUT2D eigenvalue weighted by atomic mass is 32.2. The van der Waals surface area contributed by atoms with Gasteiger partial charge in [-0.05, 0) is 42.8 Å². The van der Waals surface area contributed by atoms with Crippen LogP contribution in [0.4, 0.5) is 5.69 Å². The average Bonchev–Trinajstić information content (AvgIpc) is 3.27. The van der Waals surface area contributed by atoms with Crippen molar-refractivity contribution < 1.29 is 14.3 Å². The molecule has 3 aromatic rings. The summed E-state index contributed by atoms with van der Waals surface area (Å²) in [5.41, 5.74) is 2.12. The van der Waals surface area contributed by atoms with Crippen LogP contribution in [0.25, 0.3) is 5.69 Å². The van der Waals surface area contributed by atoms with Crippen molar-refractivity contribution in [2.45, 2.75) is 24.9 Å². The zero-order valence-electron chi connectivity index (χ0n) is 17.6. The van der Waals surface area contributed by atoms with Gasteiger partial charge in [0.05, 0.1) is 18.6 Å². The van der Waals surface area contributed by atoms with Crippen molar-refractivity contribution >= 4 is 29.3 Å². The van der Waals surface area contributed by atoms with Crippen LogP contribution in [0.1, 0.15) is 30.1 Å². The second-order valence-corrected chi connectivity index (χ2v) is 7.72. The molecule has 1 aromatic heterocycles. The highest BCUT2D eigenvalue weighted by Crippen LogP contribution is 2.25. The van der Waals surface area contributed by atoms with Crippen molar-refractivity contribution in [2.75, 3.05) is 24.7 Å². The van der Waals surface area contributed by atoms with Gasteiger partial charge in [0.2, 0.25) is 5.91 Å². The monoisotopic (exact) mass is 438 g/mol. The second-order valence-electron chi connectivity index (χ2n) is 6.77. The number of nitrogens with zero attached hydrogens (tertiary/aromatic N) is 2. The lowest BCUT2D eigenvalue weighted by Crippen LogP contribution is -2.24. The average molecular weight is 439 g/mol. The first-order chi connectivity index (χ1) is 15.1. The van der Waals surface area contributed by atoms with Crippen LogP contribution >= 0.6 is 11.8 Å². The summed E-state index contributed by atoms with van der Waals surface area (Å²) in [6.45, 7) is 2.76. The van der Waals surface area contributed by atoms with Gasteiger partial charge in [-0.3, -0.25) is 14.2 Å². The van der Waals surface area contributed by atoms with Crippen LogP contribution in [0.15, 0.2) is 66.1 Å². The molecule has 0 aliphatic rings. The summed E-state index contributed by atoms with van der Waals surface area (Å²) >= 11 is 1.33. The van der Waals surface area contributed by atoms with Crippen LogP contribution in [0.2, 0.25) is 0 Å². The molecule has 0 bridgehead atoms. The van der Waals surface area contributed by atoms with Crippen molar-refractivity contribution in [3.05, 3.63) is 66.5 Å². The quantitative estimate of drug-likeness (QED) is 0.367. The number of carbonyl (C=O) groups is 2. The number of rotatable bonds is 10. The Morgan fingerprint density at radius 1 is 1.13 bits per heavy atom. The van der Waals surface area contributed by atoms with Crippen molar-refractivity contribution in [1.82, 2.24) is 14.9 Å². The van der Waals surface area contributed by atoms with Gasteiger partial charge in [-0.25, -0.2) is 4.98 Å². The summed E-state index contributed by atoms with van der Waals surface area (Å²) in [7, 11) is 1.57. The highest BCUT2D eigenvalue weighted by molar-refractivity contribution is 7.99. The number of imidazole rings is 1. The Bertz CT molecular complexity index is 1020. The molecule has 0 unspecified atom stereocenters. The summed E-state index contributed by atoms with van der Waals surface area (Å²) in [6.07, 6.45) is 5.52. The van der Waals surface area contributed by atoms with Gasteiger partial charge >= 0.3 is 0 Å². The number of benzene rings is 2. The van der Waals surface area contributed by atoms with Crippen LogP contribution < -0.4 is 15.4 Å². The van der Waals surface area contributed by atoms with E-state index >= 15 is 0 Å². The van der Waals surface area contributed by atoms with E-state index in [0.29, 0.717) is 28.7 Å². The largest absolute Gasteiger partial charge is 0.495 e.